The van der Waals surface area contributed by atoms with E-state index >= 15 is 0 Å². The molecule has 2 aromatic rings. The Balaban J connectivity index is 2.09. The Labute approximate surface area is 137 Å². The van der Waals surface area contributed by atoms with Gasteiger partial charge in [-0.15, -0.1) is 11.8 Å². The van der Waals surface area contributed by atoms with Crippen LogP contribution >= 0.6 is 11.8 Å². The van der Waals surface area contributed by atoms with Gasteiger partial charge in [0.2, 0.25) is 0 Å². The molecule has 6 nitrogen and oxygen atoms in total. The molecule has 1 aromatic carbocycles. The van der Waals surface area contributed by atoms with E-state index in [1.165, 1.54) is 12.1 Å². The summed E-state index contributed by atoms with van der Waals surface area (Å²) in [6.45, 7) is -0.264. The minimum Gasteiger partial charge on any atom is -0.478 e. The van der Waals surface area contributed by atoms with Crippen molar-refractivity contribution in [3.05, 3.63) is 67.4 Å². The lowest BCUT2D eigenvalue weighted by Gasteiger charge is -2.14. The molecule has 3 rings (SSSR count). The summed E-state index contributed by atoms with van der Waals surface area (Å²) < 4.78 is 27.0. The topological polar surface area (TPSA) is 92.2 Å². The second-order valence-corrected chi connectivity index (χ2v) is 6.06. The van der Waals surface area contributed by atoms with E-state index in [1.807, 2.05) is 0 Å². The van der Waals surface area contributed by atoms with E-state index in [9.17, 15) is 23.2 Å². The number of carbonyl (C=O) groups is 1. The molecule has 0 saturated heterocycles. The zero-order chi connectivity index (χ0) is 17.4. The summed E-state index contributed by atoms with van der Waals surface area (Å²) in [6.07, 6.45) is 1.22. The van der Waals surface area contributed by atoms with Gasteiger partial charge in [0.15, 0.2) is 11.6 Å². The van der Waals surface area contributed by atoms with Gasteiger partial charge >= 0.3 is 11.7 Å². The fourth-order valence-electron chi connectivity index (χ4n) is 2.26. The van der Waals surface area contributed by atoms with Crippen LogP contribution in [0, 0.1) is 11.6 Å². The van der Waals surface area contributed by atoms with Crippen molar-refractivity contribution in [1.29, 1.82) is 0 Å². The molecular formula is C15H10F2N2O4S. The van der Waals surface area contributed by atoms with Crippen LogP contribution in [0.15, 0.2) is 38.4 Å². The van der Waals surface area contributed by atoms with Crippen LogP contribution in [-0.4, -0.2) is 26.4 Å². The number of halogens is 2. The van der Waals surface area contributed by atoms with Crippen LogP contribution in [0.4, 0.5) is 8.78 Å². The predicted octanol–water partition coefficient (Wildman–Crippen LogP) is 1.44. The number of thioether (sulfide) groups is 1. The number of aliphatic carboxylic acids is 1. The number of fused-ring (bicyclic) bond motifs is 1. The molecule has 2 N–H and O–H groups in total. The van der Waals surface area contributed by atoms with Gasteiger partial charge in [-0.3, -0.25) is 9.36 Å². The lowest BCUT2D eigenvalue weighted by Crippen LogP contribution is -2.38. The van der Waals surface area contributed by atoms with Crippen LogP contribution in [0.3, 0.4) is 0 Å². The Hall–Kier alpha value is -2.68. The number of hydrogen-bond donors (Lipinski definition) is 2. The molecule has 9 heteroatoms. The smallest absolute Gasteiger partial charge is 0.332 e. The number of nitrogens with zero attached hydrogens (tertiary/aromatic N) is 1. The van der Waals surface area contributed by atoms with E-state index < -0.39 is 28.9 Å². The van der Waals surface area contributed by atoms with Crippen LogP contribution < -0.4 is 11.2 Å². The van der Waals surface area contributed by atoms with Crippen molar-refractivity contribution in [2.75, 3.05) is 5.75 Å². The number of aromatic amines is 1. The number of hydrogen-bond acceptors (Lipinski definition) is 4. The van der Waals surface area contributed by atoms with Crippen molar-refractivity contribution in [2.24, 2.45) is 0 Å². The minimum atomic E-state index is -1.15. The summed E-state index contributed by atoms with van der Waals surface area (Å²) in [5, 5.41) is 9.32. The van der Waals surface area contributed by atoms with E-state index in [4.69, 9.17) is 5.11 Å². The zero-order valence-corrected chi connectivity index (χ0v) is 12.8. The number of benzene rings is 1. The Bertz CT molecular complexity index is 994. The van der Waals surface area contributed by atoms with Gasteiger partial charge in [-0.25, -0.2) is 18.4 Å². The largest absolute Gasteiger partial charge is 0.478 e. The quantitative estimate of drug-likeness (QED) is 0.816. The fraction of sp³-hybridized carbons (Fsp3) is 0.133. The molecule has 0 unspecified atom stereocenters. The maximum absolute atomic E-state index is 13.3. The first-order chi connectivity index (χ1) is 11.4. The molecule has 0 fully saturated rings. The third kappa shape index (κ3) is 2.90. The van der Waals surface area contributed by atoms with E-state index in [0.717, 1.165) is 28.5 Å². The van der Waals surface area contributed by atoms with Gasteiger partial charge in [0.25, 0.3) is 5.56 Å². The Morgan fingerprint density at radius 3 is 2.71 bits per heavy atom. The molecule has 1 aliphatic heterocycles. The van der Waals surface area contributed by atoms with Gasteiger partial charge in [-0.2, -0.15) is 0 Å². The van der Waals surface area contributed by atoms with Crippen LogP contribution in [0.5, 0.6) is 0 Å². The second kappa shape index (κ2) is 6.08. The van der Waals surface area contributed by atoms with Gasteiger partial charge in [-0.05, 0) is 23.8 Å². The Morgan fingerprint density at radius 1 is 1.29 bits per heavy atom. The SMILES string of the molecule is O=C(O)C1=Cc2c([nH]c(=O)n(Cc3ccc(F)c(F)c3)c2=O)SC1. The van der Waals surface area contributed by atoms with Gasteiger partial charge in [0, 0.05) is 11.3 Å². The van der Waals surface area contributed by atoms with Crippen molar-refractivity contribution in [2.45, 2.75) is 11.6 Å². The summed E-state index contributed by atoms with van der Waals surface area (Å²) in [4.78, 5) is 38.1. The number of carboxylic acids is 1. The van der Waals surface area contributed by atoms with E-state index in [-0.39, 0.29) is 34.0 Å². The summed E-state index contributed by atoms with van der Waals surface area (Å²) in [7, 11) is 0. The van der Waals surface area contributed by atoms with Crippen molar-refractivity contribution in [1.82, 2.24) is 9.55 Å². The molecule has 0 amide bonds. The molecule has 0 bridgehead atoms. The highest BCUT2D eigenvalue weighted by atomic mass is 32.2. The Morgan fingerprint density at radius 2 is 2.04 bits per heavy atom. The van der Waals surface area contributed by atoms with Crippen molar-refractivity contribution in [3.63, 3.8) is 0 Å². The highest BCUT2D eigenvalue weighted by Crippen LogP contribution is 2.27. The minimum absolute atomic E-state index is 0.0380. The summed E-state index contributed by atoms with van der Waals surface area (Å²) in [5.74, 6) is -3.13. The number of H-pyrrole nitrogens is 1. The standard InChI is InChI=1S/C15H10F2N2O4S/c16-10-2-1-7(3-11(10)17)5-19-13(20)9-4-8(14(21)22)6-24-12(9)18-15(19)23/h1-4H,5-6H2,(H,18,23)(H,21,22). The summed E-state index contributed by atoms with van der Waals surface area (Å²) in [6, 6.07) is 3.06. The monoisotopic (exact) mass is 352 g/mol. The van der Waals surface area contributed by atoms with Crippen LogP contribution in [-0.2, 0) is 11.3 Å². The molecule has 124 valence electrons. The van der Waals surface area contributed by atoms with E-state index in [1.54, 1.807) is 0 Å². The third-order valence-corrected chi connectivity index (χ3v) is 4.54. The van der Waals surface area contributed by atoms with Crippen molar-refractivity contribution >= 4 is 23.8 Å². The van der Waals surface area contributed by atoms with Crippen LogP contribution in [0.2, 0.25) is 0 Å². The number of carboxylic acid groups (broad SMARTS) is 1. The maximum atomic E-state index is 13.3. The summed E-state index contributed by atoms with van der Waals surface area (Å²) >= 11 is 1.05. The average molecular weight is 352 g/mol. The molecule has 0 radical (unpaired) electrons. The molecular weight excluding hydrogens is 342 g/mol. The van der Waals surface area contributed by atoms with E-state index in [2.05, 4.69) is 4.98 Å². The average Bonchev–Trinajstić information content (AvgIpc) is 2.54. The molecule has 2 heterocycles. The molecule has 1 aromatic heterocycles. The number of aromatic nitrogens is 2. The molecule has 0 aliphatic carbocycles. The van der Waals surface area contributed by atoms with Gasteiger partial charge in [-0.1, -0.05) is 6.07 Å². The van der Waals surface area contributed by atoms with Gasteiger partial charge < -0.3 is 10.1 Å². The van der Waals surface area contributed by atoms with Crippen LogP contribution in [0.25, 0.3) is 6.08 Å². The summed E-state index contributed by atoms with van der Waals surface area (Å²) in [5.41, 5.74) is -1.07. The lowest BCUT2D eigenvalue weighted by molar-refractivity contribution is -0.132. The Kier molecular flexibility index (Phi) is 4.10. The number of nitrogens with one attached hydrogen (secondary N) is 1. The van der Waals surface area contributed by atoms with Crippen LogP contribution in [0.1, 0.15) is 11.1 Å². The first kappa shape index (κ1) is 16.2. The molecule has 0 saturated carbocycles. The molecule has 0 spiro atoms. The van der Waals surface area contributed by atoms with Gasteiger partial charge in [0.05, 0.1) is 17.1 Å². The normalized spacial score (nSPS) is 13.3. The molecule has 24 heavy (non-hydrogen) atoms. The first-order valence-electron chi connectivity index (χ1n) is 6.74. The van der Waals surface area contributed by atoms with Crippen molar-refractivity contribution < 1.29 is 18.7 Å². The highest BCUT2D eigenvalue weighted by Gasteiger charge is 2.21. The lowest BCUT2D eigenvalue weighted by atomic mass is 10.2. The second-order valence-electron chi connectivity index (χ2n) is 5.08. The number of rotatable bonds is 3. The third-order valence-electron chi connectivity index (χ3n) is 3.48. The first-order valence-corrected chi connectivity index (χ1v) is 7.73. The van der Waals surface area contributed by atoms with Gasteiger partial charge in [0.1, 0.15) is 0 Å². The molecule has 0 atom stereocenters. The van der Waals surface area contributed by atoms with Crippen molar-refractivity contribution in [3.8, 4) is 0 Å². The zero-order valence-electron chi connectivity index (χ0n) is 12.0. The fourth-order valence-corrected chi connectivity index (χ4v) is 3.23. The maximum Gasteiger partial charge on any atom is 0.332 e. The predicted molar refractivity (Wildman–Crippen MR) is 83.1 cm³/mol. The molecule has 1 aliphatic rings. The highest BCUT2D eigenvalue weighted by molar-refractivity contribution is 7.99. The van der Waals surface area contributed by atoms with E-state index in [0.29, 0.717) is 0 Å².